The fourth-order valence-electron chi connectivity index (χ4n) is 1.42. The molecule has 0 aliphatic heterocycles. The van der Waals surface area contributed by atoms with Crippen LogP contribution in [0.4, 0.5) is 0 Å². The number of unbranched alkanes of at least 4 members (excludes halogenated alkanes) is 2. The Morgan fingerprint density at radius 2 is 1.50 bits per heavy atom. The van der Waals surface area contributed by atoms with Crippen LogP contribution in [-0.4, -0.2) is 65.6 Å². The summed E-state index contributed by atoms with van der Waals surface area (Å²) in [5, 5.41) is 5.21. The van der Waals surface area contributed by atoms with Crippen molar-refractivity contribution < 1.29 is 23.8 Å². The molecule has 0 spiro atoms. The van der Waals surface area contributed by atoms with Gasteiger partial charge in [-0.05, 0) is 25.2 Å². The molecule has 0 aromatic rings. The summed E-state index contributed by atoms with van der Waals surface area (Å²) in [6.45, 7) is 10.1. The van der Waals surface area contributed by atoms with E-state index in [1.807, 2.05) is 0 Å². The van der Waals surface area contributed by atoms with Crippen LogP contribution in [0.2, 0.25) is 0 Å². The van der Waals surface area contributed by atoms with Crippen LogP contribution >= 0.6 is 0 Å². The Kier molecular flexibility index (Phi) is 22.8. The maximum atomic E-state index is 11.0. The Hall–Kier alpha value is -1.18. The van der Waals surface area contributed by atoms with Gasteiger partial charge in [-0.3, -0.25) is 9.59 Å². The molecule has 0 heterocycles. The second-order valence-electron chi connectivity index (χ2n) is 5.87. The van der Waals surface area contributed by atoms with Gasteiger partial charge in [0.05, 0.1) is 13.2 Å². The van der Waals surface area contributed by atoms with Crippen LogP contribution in [0, 0.1) is 5.92 Å². The summed E-state index contributed by atoms with van der Waals surface area (Å²) >= 11 is 0. The van der Waals surface area contributed by atoms with Crippen molar-refractivity contribution in [2.75, 3.05) is 53.2 Å². The number of carbonyl (C=O) groups excluding carboxylic acids is 2. The molecule has 0 bridgehead atoms. The molecule has 7 heteroatoms. The summed E-state index contributed by atoms with van der Waals surface area (Å²) in [6.07, 6.45) is 3.66. The van der Waals surface area contributed by atoms with Crippen molar-refractivity contribution in [3.05, 3.63) is 0 Å². The molecule has 0 rings (SSSR count). The molecule has 24 heavy (non-hydrogen) atoms. The lowest BCUT2D eigenvalue weighted by atomic mass is 10.2. The molecule has 2 amide bonds. The molecule has 2 N–H and O–H groups in total. The molecule has 0 atom stereocenters. The smallest absolute Gasteiger partial charge is 0.246 e. The molecule has 7 nitrogen and oxygen atoms in total. The molecule has 0 aliphatic carbocycles. The lowest BCUT2D eigenvalue weighted by Crippen LogP contribution is -2.30. The van der Waals surface area contributed by atoms with Crippen LogP contribution < -0.4 is 10.6 Å². The Bertz CT molecular complexity index is 273. The molecule has 0 saturated heterocycles. The van der Waals surface area contributed by atoms with E-state index in [-0.39, 0.29) is 12.5 Å². The SMILES string of the molecule is CC(C)C.COCC(=O)NCCOCCCCCOCCNC=O. The van der Waals surface area contributed by atoms with Gasteiger partial charge >= 0.3 is 0 Å². The van der Waals surface area contributed by atoms with Crippen LogP contribution in [-0.2, 0) is 23.8 Å². The number of amides is 2. The standard InChI is InChI=1S/C13H26N2O5.C4H10/c1-18-11-13(17)15-6-10-20-8-4-2-3-7-19-9-5-14-12-16;1-4(2)3/h12H,2-11H2,1H3,(H,14,16)(H,15,17);4H,1-3H3. The highest BCUT2D eigenvalue weighted by molar-refractivity contribution is 5.77. The highest BCUT2D eigenvalue weighted by Gasteiger charge is 1.98. The van der Waals surface area contributed by atoms with Gasteiger partial charge in [0.25, 0.3) is 0 Å². The quantitative estimate of drug-likeness (QED) is 0.345. The summed E-state index contributed by atoms with van der Waals surface area (Å²) in [6, 6.07) is 0. The van der Waals surface area contributed by atoms with E-state index in [1.165, 1.54) is 7.11 Å². The van der Waals surface area contributed by atoms with Crippen molar-refractivity contribution in [2.45, 2.75) is 40.0 Å². The molecular weight excluding hydrogens is 312 g/mol. The van der Waals surface area contributed by atoms with Crippen LogP contribution in [0.1, 0.15) is 40.0 Å². The maximum absolute atomic E-state index is 11.0. The van der Waals surface area contributed by atoms with Gasteiger partial charge in [0.15, 0.2) is 0 Å². The lowest BCUT2D eigenvalue weighted by molar-refractivity contribution is -0.125. The first kappa shape index (κ1) is 25.1. The van der Waals surface area contributed by atoms with Gasteiger partial charge in [-0.15, -0.1) is 0 Å². The van der Waals surface area contributed by atoms with E-state index in [0.29, 0.717) is 45.9 Å². The van der Waals surface area contributed by atoms with Gasteiger partial charge in [0.2, 0.25) is 12.3 Å². The first-order valence-electron chi connectivity index (χ1n) is 8.62. The molecule has 0 unspecified atom stereocenters. The molecule has 0 radical (unpaired) electrons. The number of hydrogen-bond acceptors (Lipinski definition) is 5. The van der Waals surface area contributed by atoms with Crippen LogP contribution in [0.3, 0.4) is 0 Å². The number of ether oxygens (including phenoxy) is 3. The third-order valence-corrected chi connectivity index (χ3v) is 2.40. The average Bonchev–Trinajstić information content (AvgIpc) is 2.51. The highest BCUT2D eigenvalue weighted by Crippen LogP contribution is 1.96. The number of nitrogens with one attached hydrogen (secondary N) is 2. The van der Waals surface area contributed by atoms with Gasteiger partial charge in [-0.2, -0.15) is 0 Å². The normalized spacial score (nSPS) is 10.0. The first-order valence-corrected chi connectivity index (χ1v) is 8.62. The van der Waals surface area contributed by atoms with Crippen molar-refractivity contribution in [2.24, 2.45) is 5.92 Å². The molecule has 0 aromatic carbocycles. The maximum Gasteiger partial charge on any atom is 0.246 e. The van der Waals surface area contributed by atoms with Gasteiger partial charge < -0.3 is 24.8 Å². The molecule has 0 saturated carbocycles. The topological polar surface area (TPSA) is 85.9 Å². The predicted molar refractivity (Wildman–Crippen MR) is 95.0 cm³/mol. The lowest BCUT2D eigenvalue weighted by Gasteiger charge is -2.06. The zero-order chi connectivity index (χ0) is 18.5. The zero-order valence-corrected chi connectivity index (χ0v) is 15.8. The summed E-state index contributed by atoms with van der Waals surface area (Å²) < 4.78 is 15.4. The summed E-state index contributed by atoms with van der Waals surface area (Å²) in [7, 11) is 1.48. The molecule has 144 valence electrons. The van der Waals surface area contributed by atoms with E-state index in [9.17, 15) is 9.59 Å². The van der Waals surface area contributed by atoms with E-state index in [1.54, 1.807) is 0 Å². The monoisotopic (exact) mass is 348 g/mol. The highest BCUT2D eigenvalue weighted by atomic mass is 16.5. The van der Waals surface area contributed by atoms with E-state index in [4.69, 9.17) is 9.47 Å². The van der Waals surface area contributed by atoms with Gasteiger partial charge in [-0.1, -0.05) is 20.8 Å². The van der Waals surface area contributed by atoms with Crippen molar-refractivity contribution >= 4 is 12.3 Å². The second kappa shape index (κ2) is 21.8. The minimum absolute atomic E-state index is 0.0857. The molecular formula is C17H36N2O5. The summed E-state index contributed by atoms with van der Waals surface area (Å²) in [5.74, 6) is 0.706. The minimum atomic E-state index is -0.127. The average molecular weight is 348 g/mol. The van der Waals surface area contributed by atoms with Gasteiger partial charge in [0.1, 0.15) is 6.61 Å². The minimum Gasteiger partial charge on any atom is -0.380 e. The molecule has 0 aromatic heterocycles. The van der Waals surface area contributed by atoms with Crippen LogP contribution in [0.15, 0.2) is 0 Å². The van der Waals surface area contributed by atoms with E-state index in [0.717, 1.165) is 25.2 Å². The fraction of sp³-hybridized carbons (Fsp3) is 0.882. The number of methoxy groups -OCH3 is 1. The molecule has 0 aliphatic rings. The van der Waals surface area contributed by atoms with Crippen molar-refractivity contribution in [1.29, 1.82) is 0 Å². The Balaban J connectivity index is 0. The van der Waals surface area contributed by atoms with Crippen molar-refractivity contribution in [3.8, 4) is 0 Å². The van der Waals surface area contributed by atoms with E-state index in [2.05, 4.69) is 36.1 Å². The second-order valence-corrected chi connectivity index (χ2v) is 5.87. The fourth-order valence-corrected chi connectivity index (χ4v) is 1.42. The van der Waals surface area contributed by atoms with Gasteiger partial charge in [-0.25, -0.2) is 0 Å². The largest absolute Gasteiger partial charge is 0.380 e. The Morgan fingerprint density at radius 1 is 0.958 bits per heavy atom. The number of carbonyl (C=O) groups is 2. The first-order chi connectivity index (χ1) is 11.5. The molecule has 0 fully saturated rings. The van der Waals surface area contributed by atoms with Crippen LogP contribution in [0.5, 0.6) is 0 Å². The third-order valence-electron chi connectivity index (χ3n) is 2.40. The van der Waals surface area contributed by atoms with Crippen molar-refractivity contribution in [1.82, 2.24) is 10.6 Å². The van der Waals surface area contributed by atoms with Gasteiger partial charge in [0, 0.05) is 33.4 Å². The Morgan fingerprint density at radius 3 is 2.00 bits per heavy atom. The van der Waals surface area contributed by atoms with Crippen LogP contribution in [0.25, 0.3) is 0 Å². The number of hydrogen-bond donors (Lipinski definition) is 2. The van der Waals surface area contributed by atoms with E-state index < -0.39 is 0 Å². The van der Waals surface area contributed by atoms with Crippen molar-refractivity contribution in [3.63, 3.8) is 0 Å². The number of rotatable bonds is 15. The summed E-state index contributed by atoms with van der Waals surface area (Å²) in [4.78, 5) is 21.0. The summed E-state index contributed by atoms with van der Waals surface area (Å²) in [5.41, 5.74) is 0. The van der Waals surface area contributed by atoms with E-state index >= 15 is 0 Å². The Labute approximate surface area is 146 Å². The zero-order valence-electron chi connectivity index (χ0n) is 15.8. The third kappa shape index (κ3) is 28.9. The predicted octanol–water partition coefficient (Wildman–Crippen LogP) is 1.36.